The molecule has 1 aromatic rings. The Labute approximate surface area is 71.6 Å². The molecule has 0 radical (unpaired) electrons. The van der Waals surface area contributed by atoms with Crippen LogP contribution in [0.2, 0.25) is 0 Å². The summed E-state index contributed by atoms with van der Waals surface area (Å²) in [4.78, 5) is 0. The minimum absolute atomic E-state index is 0.118. The van der Waals surface area contributed by atoms with Gasteiger partial charge in [-0.25, -0.2) is 4.39 Å². The fourth-order valence-electron chi connectivity index (χ4n) is 1.81. The lowest BCUT2D eigenvalue weighted by Gasteiger charge is -2.06. The van der Waals surface area contributed by atoms with Crippen LogP contribution in [0.15, 0.2) is 24.3 Å². The zero-order valence-corrected chi connectivity index (χ0v) is 6.96. The first-order valence-electron chi connectivity index (χ1n) is 4.45. The highest BCUT2D eigenvalue weighted by molar-refractivity contribution is 5.18. The van der Waals surface area contributed by atoms with Crippen LogP contribution in [0.25, 0.3) is 0 Å². The van der Waals surface area contributed by atoms with Crippen LogP contribution in [-0.4, -0.2) is 6.54 Å². The van der Waals surface area contributed by atoms with Gasteiger partial charge in [0, 0.05) is 18.4 Å². The van der Waals surface area contributed by atoms with Crippen LogP contribution >= 0.6 is 0 Å². The Morgan fingerprint density at radius 1 is 1.42 bits per heavy atom. The maximum atomic E-state index is 12.8. The van der Waals surface area contributed by atoms with Gasteiger partial charge in [-0.05, 0) is 12.1 Å². The maximum Gasteiger partial charge on any atom is 0.123 e. The van der Waals surface area contributed by atoms with Gasteiger partial charge < -0.3 is 5.32 Å². The lowest BCUT2D eigenvalue weighted by atomic mass is 10.1. The van der Waals surface area contributed by atoms with E-state index in [9.17, 15) is 4.39 Å². The van der Waals surface area contributed by atoms with Gasteiger partial charge in [-0.15, -0.1) is 0 Å². The number of halogens is 1. The monoisotopic (exact) mass is 166 g/mol. The highest BCUT2D eigenvalue weighted by Gasteiger charge is 2.19. The number of rotatable bonds is 1. The van der Waals surface area contributed by atoms with Gasteiger partial charge in [-0.3, -0.25) is 0 Å². The molecule has 0 spiro atoms. The highest BCUT2D eigenvalue weighted by atomic mass is 19.1. The first-order valence-corrected chi connectivity index (χ1v) is 4.45. The van der Waals surface area contributed by atoms with Crippen LogP contribution in [0.1, 0.15) is 24.4 Å². The third-order valence-corrected chi connectivity index (χ3v) is 2.45. The normalized spacial score (nSPS) is 22.9. The molecule has 12 heavy (non-hydrogen) atoms. The van der Waals surface area contributed by atoms with Crippen molar-refractivity contribution in [1.82, 2.24) is 0 Å². The minimum atomic E-state index is -0.118. The highest BCUT2D eigenvalue weighted by Crippen LogP contribution is 2.17. The van der Waals surface area contributed by atoms with Gasteiger partial charge in [-0.1, -0.05) is 12.1 Å². The van der Waals surface area contributed by atoms with Crippen LogP contribution in [0.3, 0.4) is 0 Å². The van der Waals surface area contributed by atoms with Gasteiger partial charge in [0.1, 0.15) is 11.9 Å². The summed E-state index contributed by atoms with van der Waals surface area (Å²) >= 11 is 0. The second-order valence-electron chi connectivity index (χ2n) is 3.33. The van der Waals surface area contributed by atoms with Crippen molar-refractivity contribution in [3.05, 3.63) is 35.6 Å². The van der Waals surface area contributed by atoms with Gasteiger partial charge in [-0.2, -0.15) is 0 Å². The molecule has 0 saturated carbocycles. The van der Waals surface area contributed by atoms with Crippen molar-refractivity contribution < 1.29 is 9.71 Å². The Morgan fingerprint density at radius 2 is 2.33 bits per heavy atom. The second-order valence-corrected chi connectivity index (χ2v) is 3.33. The predicted octanol–water partition coefficient (Wildman–Crippen LogP) is 1.22. The minimum Gasteiger partial charge on any atom is -0.340 e. The number of quaternary nitrogens is 1. The van der Waals surface area contributed by atoms with E-state index in [0.717, 1.165) is 5.56 Å². The van der Waals surface area contributed by atoms with E-state index in [1.807, 2.05) is 6.07 Å². The summed E-state index contributed by atoms with van der Waals surface area (Å²) in [5.41, 5.74) is 1.13. The van der Waals surface area contributed by atoms with E-state index in [0.29, 0.717) is 6.04 Å². The van der Waals surface area contributed by atoms with Crippen molar-refractivity contribution in [1.29, 1.82) is 0 Å². The molecule has 1 aromatic carbocycles. The van der Waals surface area contributed by atoms with Gasteiger partial charge in [0.25, 0.3) is 0 Å². The summed E-state index contributed by atoms with van der Waals surface area (Å²) in [7, 11) is 0. The molecule has 1 fully saturated rings. The molecule has 0 bridgehead atoms. The fourth-order valence-corrected chi connectivity index (χ4v) is 1.81. The van der Waals surface area contributed by atoms with E-state index in [4.69, 9.17) is 0 Å². The fraction of sp³-hybridized carbons (Fsp3) is 0.400. The Kier molecular flexibility index (Phi) is 2.09. The molecular formula is C10H13FN+. The Balaban J connectivity index is 2.21. The van der Waals surface area contributed by atoms with Gasteiger partial charge in [0.05, 0.1) is 6.54 Å². The molecule has 2 heteroatoms. The second kappa shape index (κ2) is 3.23. The summed E-state index contributed by atoms with van der Waals surface area (Å²) in [6, 6.07) is 7.44. The molecule has 0 aliphatic carbocycles. The van der Waals surface area contributed by atoms with Crippen molar-refractivity contribution in [2.75, 3.05) is 6.54 Å². The smallest absolute Gasteiger partial charge is 0.123 e. The molecule has 1 aliphatic rings. The molecule has 1 heterocycles. The van der Waals surface area contributed by atoms with Crippen LogP contribution in [0, 0.1) is 5.82 Å². The standard InChI is InChI=1S/C10H12FN/c11-9-4-1-3-8(7-9)10-5-2-6-12-10/h1,3-4,7,10,12H,2,5-6H2/p+1/t10-/m0/s1. The average Bonchev–Trinajstić information content (AvgIpc) is 2.56. The van der Waals surface area contributed by atoms with Crippen LogP contribution in [0.5, 0.6) is 0 Å². The van der Waals surface area contributed by atoms with Crippen molar-refractivity contribution in [3.8, 4) is 0 Å². The molecular weight excluding hydrogens is 153 g/mol. The largest absolute Gasteiger partial charge is 0.340 e. The number of benzene rings is 1. The zero-order valence-electron chi connectivity index (χ0n) is 6.96. The maximum absolute atomic E-state index is 12.8. The first-order chi connectivity index (χ1) is 5.86. The first kappa shape index (κ1) is 7.74. The quantitative estimate of drug-likeness (QED) is 0.646. The Bertz CT molecular complexity index is 266. The van der Waals surface area contributed by atoms with Crippen LogP contribution in [0.4, 0.5) is 4.39 Å². The number of nitrogens with two attached hydrogens (primary N) is 1. The Morgan fingerprint density at radius 3 is 3.00 bits per heavy atom. The van der Waals surface area contributed by atoms with Crippen LogP contribution < -0.4 is 5.32 Å². The van der Waals surface area contributed by atoms with Crippen molar-refractivity contribution in [2.45, 2.75) is 18.9 Å². The summed E-state index contributed by atoms with van der Waals surface area (Å²) < 4.78 is 12.8. The molecule has 2 N–H and O–H groups in total. The van der Waals surface area contributed by atoms with Crippen molar-refractivity contribution in [3.63, 3.8) is 0 Å². The summed E-state index contributed by atoms with van der Waals surface area (Å²) in [6.07, 6.45) is 2.44. The Hall–Kier alpha value is -0.890. The molecule has 0 aromatic heterocycles. The topological polar surface area (TPSA) is 16.6 Å². The summed E-state index contributed by atoms with van der Waals surface area (Å²) in [5, 5.41) is 2.29. The summed E-state index contributed by atoms with van der Waals surface area (Å²) in [6.45, 7) is 1.18. The van der Waals surface area contributed by atoms with E-state index < -0.39 is 0 Å². The van der Waals surface area contributed by atoms with E-state index in [1.54, 1.807) is 12.1 Å². The molecule has 1 nitrogen and oxygen atoms in total. The summed E-state index contributed by atoms with van der Waals surface area (Å²) in [5.74, 6) is -0.118. The zero-order chi connectivity index (χ0) is 8.39. The number of hydrogen-bond acceptors (Lipinski definition) is 0. The molecule has 1 atom stereocenters. The molecule has 0 amide bonds. The van der Waals surface area contributed by atoms with E-state index >= 15 is 0 Å². The van der Waals surface area contributed by atoms with E-state index in [1.165, 1.54) is 25.5 Å². The number of hydrogen-bond donors (Lipinski definition) is 1. The van der Waals surface area contributed by atoms with Crippen LogP contribution in [-0.2, 0) is 0 Å². The molecule has 2 rings (SSSR count). The van der Waals surface area contributed by atoms with Gasteiger partial charge in [0.2, 0.25) is 0 Å². The van der Waals surface area contributed by atoms with E-state index in [2.05, 4.69) is 5.32 Å². The average molecular weight is 166 g/mol. The molecule has 64 valence electrons. The lowest BCUT2D eigenvalue weighted by Crippen LogP contribution is -2.81. The van der Waals surface area contributed by atoms with Crippen molar-refractivity contribution >= 4 is 0 Å². The van der Waals surface area contributed by atoms with Crippen molar-refractivity contribution in [2.24, 2.45) is 0 Å². The predicted molar refractivity (Wildman–Crippen MR) is 45.2 cm³/mol. The SMILES string of the molecule is Fc1cccc([C@@H]2CCC[NH2+]2)c1. The van der Waals surface area contributed by atoms with E-state index in [-0.39, 0.29) is 5.82 Å². The molecule has 1 saturated heterocycles. The lowest BCUT2D eigenvalue weighted by molar-refractivity contribution is -0.676. The third kappa shape index (κ3) is 1.48. The van der Waals surface area contributed by atoms with Gasteiger partial charge in [0.15, 0.2) is 0 Å². The van der Waals surface area contributed by atoms with Gasteiger partial charge >= 0.3 is 0 Å². The third-order valence-electron chi connectivity index (χ3n) is 2.45. The molecule has 1 aliphatic heterocycles. The molecule has 0 unspecified atom stereocenters.